The lowest BCUT2D eigenvalue weighted by molar-refractivity contribution is -0.135. The Bertz CT molecular complexity index is 2480. The fourth-order valence-electron chi connectivity index (χ4n) is 8.19. The SMILES string of the molecule is COC(=O)NC(C)C(=O)N1CCCC1c1ncc(-c2ccc3cc(-c4ccc(-c5cnc(C6CCCN6C(=O)C(NC(=O)OC)c6ccccc6)[nH]5)cc4)ccc3c2)[nH]1. The van der Waals surface area contributed by atoms with Crippen molar-refractivity contribution in [1.82, 2.24) is 40.4 Å². The van der Waals surface area contributed by atoms with Gasteiger partial charge in [-0.3, -0.25) is 9.59 Å². The zero-order valence-electron chi connectivity index (χ0n) is 33.1. The Kier molecular flexibility index (Phi) is 11.1. The number of aromatic amines is 2. The highest BCUT2D eigenvalue weighted by molar-refractivity contribution is 5.91. The maximum Gasteiger partial charge on any atom is 0.407 e. The molecule has 14 heteroatoms. The highest BCUT2D eigenvalue weighted by atomic mass is 16.5. The first-order chi connectivity index (χ1) is 28.7. The number of carbonyl (C=O) groups is 4. The first-order valence-electron chi connectivity index (χ1n) is 19.8. The molecule has 8 rings (SSSR count). The van der Waals surface area contributed by atoms with Crippen molar-refractivity contribution in [2.24, 2.45) is 0 Å². The zero-order chi connectivity index (χ0) is 41.0. The average molecular weight is 795 g/mol. The summed E-state index contributed by atoms with van der Waals surface area (Å²) in [4.78, 5) is 70.8. The van der Waals surface area contributed by atoms with E-state index in [2.05, 4.69) is 91.0 Å². The number of imidazole rings is 2. The van der Waals surface area contributed by atoms with Crippen LogP contribution in [0.5, 0.6) is 0 Å². The molecule has 2 saturated heterocycles. The minimum Gasteiger partial charge on any atom is -0.453 e. The summed E-state index contributed by atoms with van der Waals surface area (Å²) in [5, 5.41) is 7.46. The van der Waals surface area contributed by atoms with Crippen LogP contribution in [0, 0.1) is 0 Å². The van der Waals surface area contributed by atoms with Crippen molar-refractivity contribution in [2.45, 2.75) is 56.8 Å². The topological polar surface area (TPSA) is 175 Å². The zero-order valence-corrected chi connectivity index (χ0v) is 33.1. The Hall–Kier alpha value is -6.96. The summed E-state index contributed by atoms with van der Waals surface area (Å²) < 4.78 is 9.49. The van der Waals surface area contributed by atoms with Crippen molar-refractivity contribution in [3.05, 3.63) is 121 Å². The van der Waals surface area contributed by atoms with E-state index in [0.717, 1.165) is 75.9 Å². The van der Waals surface area contributed by atoms with Gasteiger partial charge >= 0.3 is 12.2 Å². The number of likely N-dealkylation sites (tertiary alicyclic amines) is 2. The smallest absolute Gasteiger partial charge is 0.407 e. The molecule has 14 nitrogen and oxygen atoms in total. The first-order valence-corrected chi connectivity index (χ1v) is 19.8. The van der Waals surface area contributed by atoms with Crippen molar-refractivity contribution in [3.8, 4) is 33.6 Å². The van der Waals surface area contributed by atoms with E-state index in [1.54, 1.807) is 22.9 Å². The third-order valence-electron chi connectivity index (χ3n) is 11.3. The number of hydrogen-bond acceptors (Lipinski definition) is 8. The van der Waals surface area contributed by atoms with E-state index in [4.69, 9.17) is 9.72 Å². The molecule has 2 fully saturated rings. The van der Waals surface area contributed by atoms with Gasteiger partial charge in [0.1, 0.15) is 23.7 Å². The Balaban J connectivity index is 0.940. The fourth-order valence-corrected chi connectivity index (χ4v) is 8.19. The number of H-pyrrole nitrogens is 2. The summed E-state index contributed by atoms with van der Waals surface area (Å²) in [6, 6.07) is 28.2. The van der Waals surface area contributed by atoms with E-state index >= 15 is 0 Å². The maximum atomic E-state index is 13.9. The number of ether oxygens (including phenoxy) is 2. The molecule has 302 valence electrons. The van der Waals surface area contributed by atoms with Crippen LogP contribution in [-0.2, 0) is 19.1 Å². The van der Waals surface area contributed by atoms with Crippen molar-refractivity contribution in [2.75, 3.05) is 27.3 Å². The number of nitrogens with one attached hydrogen (secondary N) is 4. The first kappa shape index (κ1) is 38.9. The van der Waals surface area contributed by atoms with E-state index in [-0.39, 0.29) is 23.9 Å². The number of alkyl carbamates (subject to hydrolysis) is 2. The number of hydrogen-bond donors (Lipinski definition) is 4. The van der Waals surface area contributed by atoms with Crippen molar-refractivity contribution >= 4 is 34.8 Å². The molecule has 2 aromatic heterocycles. The third-order valence-corrected chi connectivity index (χ3v) is 11.3. The standard InChI is InChI=1S/C45H46N8O6/c1-27(48-44(56)58-2)42(54)52-21-7-11-37(52)40-47-26-36(50-40)34-20-19-32-23-31(17-18-33(32)24-34)28-13-15-29(16-14-28)35-25-46-41(49-35)38-12-8-22-53(38)43(55)39(51-45(57)59-3)30-9-5-4-6-10-30/h4-6,9-10,13-20,23-27,37-39H,7-8,11-12,21-22H2,1-3H3,(H,46,49)(H,47,50)(H,48,56)(H,51,57). The van der Waals surface area contributed by atoms with Crippen LogP contribution in [-0.4, -0.2) is 87.1 Å². The summed E-state index contributed by atoms with van der Waals surface area (Å²) in [5.41, 5.74) is 6.51. The predicted molar refractivity (Wildman–Crippen MR) is 222 cm³/mol. The van der Waals surface area contributed by atoms with Gasteiger partial charge in [-0.15, -0.1) is 0 Å². The monoisotopic (exact) mass is 794 g/mol. The molecule has 6 aromatic rings. The van der Waals surface area contributed by atoms with Gasteiger partial charge in [0.25, 0.3) is 5.91 Å². The van der Waals surface area contributed by atoms with Crippen LogP contribution < -0.4 is 10.6 Å². The summed E-state index contributed by atoms with van der Waals surface area (Å²) in [7, 11) is 2.55. The molecule has 2 aliphatic rings. The maximum absolute atomic E-state index is 13.9. The molecule has 4 aromatic carbocycles. The normalized spacial score (nSPS) is 17.4. The van der Waals surface area contributed by atoms with Gasteiger partial charge in [0, 0.05) is 18.7 Å². The van der Waals surface area contributed by atoms with E-state index in [1.807, 2.05) is 36.5 Å². The van der Waals surface area contributed by atoms with E-state index in [9.17, 15) is 19.2 Å². The molecular weight excluding hydrogens is 749 g/mol. The average Bonchev–Trinajstić information content (AvgIpc) is 4.12. The summed E-state index contributed by atoms with van der Waals surface area (Å²) in [6.07, 6.45) is 5.51. The van der Waals surface area contributed by atoms with Gasteiger partial charge in [0.05, 0.1) is 50.1 Å². The molecule has 0 saturated carbocycles. The number of fused-ring (bicyclic) bond motifs is 1. The number of benzene rings is 4. The van der Waals surface area contributed by atoms with Crippen LogP contribution in [0.3, 0.4) is 0 Å². The van der Waals surface area contributed by atoms with E-state index < -0.39 is 24.3 Å². The molecular formula is C45H46N8O6. The molecule has 4 amide bonds. The van der Waals surface area contributed by atoms with E-state index in [1.165, 1.54) is 14.2 Å². The van der Waals surface area contributed by atoms with Gasteiger partial charge in [-0.05, 0) is 77.8 Å². The minimum absolute atomic E-state index is 0.172. The number of carbonyl (C=O) groups excluding carboxylic acids is 4. The van der Waals surface area contributed by atoms with Gasteiger partial charge in [-0.25, -0.2) is 19.6 Å². The van der Waals surface area contributed by atoms with Crippen LogP contribution in [0.4, 0.5) is 9.59 Å². The number of amides is 4. The highest BCUT2D eigenvalue weighted by Gasteiger charge is 2.37. The Labute approximate surface area is 341 Å². The Morgan fingerprint density at radius 3 is 1.76 bits per heavy atom. The van der Waals surface area contributed by atoms with Crippen LogP contribution >= 0.6 is 0 Å². The highest BCUT2D eigenvalue weighted by Crippen LogP contribution is 2.36. The van der Waals surface area contributed by atoms with Crippen molar-refractivity contribution in [1.29, 1.82) is 0 Å². The molecule has 4 unspecified atom stereocenters. The minimum atomic E-state index is -0.879. The largest absolute Gasteiger partial charge is 0.453 e. The van der Waals surface area contributed by atoms with Crippen molar-refractivity contribution < 1.29 is 28.7 Å². The van der Waals surface area contributed by atoms with Gasteiger partial charge < -0.3 is 39.9 Å². The van der Waals surface area contributed by atoms with Gasteiger partial charge in [-0.1, -0.05) is 78.9 Å². The summed E-state index contributed by atoms with van der Waals surface area (Å²) in [6.45, 7) is 2.81. The molecule has 0 aliphatic carbocycles. The Morgan fingerprint density at radius 2 is 1.15 bits per heavy atom. The van der Waals surface area contributed by atoms with Crippen LogP contribution in [0.25, 0.3) is 44.4 Å². The van der Waals surface area contributed by atoms with Gasteiger partial charge in [-0.2, -0.15) is 0 Å². The second kappa shape index (κ2) is 16.9. The molecule has 0 radical (unpaired) electrons. The van der Waals surface area contributed by atoms with E-state index in [0.29, 0.717) is 24.5 Å². The molecule has 0 bridgehead atoms. The summed E-state index contributed by atoms with van der Waals surface area (Å²) in [5.74, 6) is 1.04. The lowest BCUT2D eigenvalue weighted by atomic mass is 9.98. The third kappa shape index (κ3) is 8.11. The number of methoxy groups -OCH3 is 2. The molecule has 4 N–H and O–H groups in total. The quantitative estimate of drug-likeness (QED) is 0.111. The second-order valence-corrected chi connectivity index (χ2v) is 14.9. The molecule has 59 heavy (non-hydrogen) atoms. The lowest BCUT2D eigenvalue weighted by Gasteiger charge is -2.28. The van der Waals surface area contributed by atoms with Crippen LogP contribution in [0.15, 0.2) is 103 Å². The summed E-state index contributed by atoms with van der Waals surface area (Å²) >= 11 is 0. The number of rotatable bonds is 10. The number of nitrogens with zero attached hydrogens (tertiary/aromatic N) is 4. The van der Waals surface area contributed by atoms with Crippen molar-refractivity contribution in [3.63, 3.8) is 0 Å². The molecule has 0 spiro atoms. The van der Waals surface area contributed by atoms with Crippen LogP contribution in [0.2, 0.25) is 0 Å². The number of aromatic nitrogens is 4. The van der Waals surface area contributed by atoms with Gasteiger partial charge in [0.15, 0.2) is 0 Å². The predicted octanol–water partition coefficient (Wildman–Crippen LogP) is 7.46. The van der Waals surface area contributed by atoms with Crippen LogP contribution in [0.1, 0.15) is 67.9 Å². The Morgan fingerprint density at radius 1 is 0.644 bits per heavy atom. The molecule has 2 aliphatic heterocycles. The molecule has 4 heterocycles. The van der Waals surface area contributed by atoms with Gasteiger partial charge in [0.2, 0.25) is 5.91 Å². The molecule has 4 atom stereocenters. The fraction of sp³-hybridized carbons (Fsp3) is 0.289. The lowest BCUT2D eigenvalue weighted by Crippen LogP contribution is -2.46. The second-order valence-electron chi connectivity index (χ2n) is 14.9.